The Morgan fingerprint density at radius 1 is 0.909 bits per heavy atom. The molecule has 2 aromatic carbocycles. The predicted octanol–water partition coefficient (Wildman–Crippen LogP) is 3.44. The van der Waals surface area contributed by atoms with Gasteiger partial charge in [-0.1, -0.05) is 12.1 Å². The van der Waals surface area contributed by atoms with Crippen molar-refractivity contribution in [2.45, 2.75) is 6.92 Å². The van der Waals surface area contributed by atoms with Crippen LogP contribution in [0.1, 0.15) is 12.5 Å². The molecule has 0 unspecified atom stereocenters. The minimum Gasteiger partial charge on any atom is -0.326 e. The van der Waals surface area contributed by atoms with Crippen LogP contribution >= 0.6 is 0 Å². The fourth-order valence-electron chi connectivity index (χ4n) is 1.77. The lowest BCUT2D eigenvalue weighted by Crippen LogP contribution is -2.08. The van der Waals surface area contributed by atoms with E-state index in [1.54, 1.807) is 42.5 Å². The zero-order valence-electron chi connectivity index (χ0n) is 12.0. The van der Waals surface area contributed by atoms with Crippen molar-refractivity contribution >= 4 is 29.3 Å². The van der Waals surface area contributed by atoms with Crippen LogP contribution in [-0.4, -0.2) is 11.8 Å². The summed E-state index contributed by atoms with van der Waals surface area (Å²) >= 11 is 0. The lowest BCUT2D eigenvalue weighted by atomic mass is 10.2. The van der Waals surface area contributed by atoms with Crippen molar-refractivity contribution in [1.82, 2.24) is 0 Å². The van der Waals surface area contributed by atoms with E-state index in [1.807, 2.05) is 0 Å². The summed E-state index contributed by atoms with van der Waals surface area (Å²) < 4.78 is 12.8. The average Bonchev–Trinajstić information content (AvgIpc) is 2.48. The van der Waals surface area contributed by atoms with Crippen LogP contribution in [-0.2, 0) is 9.59 Å². The molecule has 0 fully saturated rings. The summed E-state index contributed by atoms with van der Waals surface area (Å²) in [6.45, 7) is 1.43. The number of benzene rings is 2. The van der Waals surface area contributed by atoms with Gasteiger partial charge in [0.25, 0.3) is 0 Å². The Kier molecular flexibility index (Phi) is 5.03. The van der Waals surface area contributed by atoms with Gasteiger partial charge in [-0.25, -0.2) is 4.39 Å². The molecule has 0 aliphatic rings. The first kappa shape index (κ1) is 15.4. The maximum atomic E-state index is 12.8. The first-order valence-corrected chi connectivity index (χ1v) is 6.65. The smallest absolute Gasteiger partial charge is 0.248 e. The Morgan fingerprint density at radius 2 is 1.45 bits per heavy atom. The number of anilines is 2. The van der Waals surface area contributed by atoms with Crippen LogP contribution in [0.25, 0.3) is 6.08 Å². The molecular weight excluding hydrogens is 283 g/mol. The molecule has 0 aliphatic heterocycles. The van der Waals surface area contributed by atoms with Crippen LogP contribution in [0, 0.1) is 5.82 Å². The van der Waals surface area contributed by atoms with Crippen LogP contribution < -0.4 is 10.6 Å². The molecule has 0 aromatic heterocycles. The van der Waals surface area contributed by atoms with Gasteiger partial charge in [0.1, 0.15) is 5.82 Å². The van der Waals surface area contributed by atoms with E-state index in [4.69, 9.17) is 0 Å². The van der Waals surface area contributed by atoms with E-state index in [2.05, 4.69) is 10.6 Å². The van der Waals surface area contributed by atoms with Gasteiger partial charge in [-0.2, -0.15) is 0 Å². The Hall–Kier alpha value is -2.95. The van der Waals surface area contributed by atoms with Crippen LogP contribution in [0.2, 0.25) is 0 Å². The topological polar surface area (TPSA) is 58.2 Å². The average molecular weight is 298 g/mol. The van der Waals surface area contributed by atoms with Crippen LogP contribution in [0.5, 0.6) is 0 Å². The normalized spacial score (nSPS) is 10.5. The van der Waals surface area contributed by atoms with E-state index in [0.717, 1.165) is 5.56 Å². The van der Waals surface area contributed by atoms with E-state index in [1.165, 1.54) is 25.1 Å². The van der Waals surface area contributed by atoms with Gasteiger partial charge in [-0.15, -0.1) is 0 Å². The zero-order valence-corrected chi connectivity index (χ0v) is 12.0. The summed E-state index contributed by atoms with van der Waals surface area (Å²) in [6, 6.07) is 12.6. The largest absolute Gasteiger partial charge is 0.326 e. The highest BCUT2D eigenvalue weighted by atomic mass is 19.1. The fourth-order valence-corrected chi connectivity index (χ4v) is 1.77. The second-order valence-corrected chi connectivity index (χ2v) is 4.63. The fraction of sp³-hybridized carbons (Fsp3) is 0.0588. The molecular formula is C17H15FN2O2. The van der Waals surface area contributed by atoms with Crippen molar-refractivity contribution in [3.8, 4) is 0 Å². The molecule has 22 heavy (non-hydrogen) atoms. The Morgan fingerprint density at radius 3 is 2.00 bits per heavy atom. The minimum absolute atomic E-state index is 0.154. The SMILES string of the molecule is CC(=O)Nc1ccc(NC(=O)/C=C/c2ccc(F)cc2)cc1. The molecule has 0 spiro atoms. The first-order chi connectivity index (χ1) is 10.5. The van der Waals surface area contributed by atoms with Crippen molar-refractivity contribution in [2.75, 3.05) is 10.6 Å². The monoisotopic (exact) mass is 298 g/mol. The second kappa shape index (κ2) is 7.17. The van der Waals surface area contributed by atoms with E-state index in [9.17, 15) is 14.0 Å². The number of halogens is 1. The number of rotatable bonds is 4. The number of amides is 2. The van der Waals surface area contributed by atoms with Crippen molar-refractivity contribution in [1.29, 1.82) is 0 Å². The van der Waals surface area contributed by atoms with Crippen LogP contribution in [0.15, 0.2) is 54.6 Å². The molecule has 4 nitrogen and oxygen atoms in total. The number of hydrogen-bond donors (Lipinski definition) is 2. The molecule has 2 amide bonds. The third-order valence-electron chi connectivity index (χ3n) is 2.77. The summed E-state index contributed by atoms with van der Waals surface area (Å²) in [7, 11) is 0. The van der Waals surface area contributed by atoms with E-state index in [-0.39, 0.29) is 17.6 Å². The number of carbonyl (C=O) groups excluding carboxylic acids is 2. The van der Waals surface area contributed by atoms with Gasteiger partial charge in [0, 0.05) is 24.4 Å². The summed E-state index contributed by atoms with van der Waals surface area (Å²) in [5.41, 5.74) is 2.01. The molecule has 0 heterocycles. The van der Waals surface area contributed by atoms with Crippen molar-refractivity contribution in [3.05, 3.63) is 66.0 Å². The number of nitrogens with one attached hydrogen (secondary N) is 2. The van der Waals surface area contributed by atoms with Crippen LogP contribution in [0.3, 0.4) is 0 Å². The highest BCUT2D eigenvalue weighted by Crippen LogP contribution is 2.13. The third kappa shape index (κ3) is 4.86. The lowest BCUT2D eigenvalue weighted by molar-refractivity contribution is -0.114. The predicted molar refractivity (Wildman–Crippen MR) is 84.8 cm³/mol. The molecule has 0 saturated heterocycles. The summed E-state index contributed by atoms with van der Waals surface area (Å²) in [5, 5.41) is 5.33. The Bertz CT molecular complexity index is 692. The lowest BCUT2D eigenvalue weighted by Gasteiger charge is -2.05. The zero-order chi connectivity index (χ0) is 15.9. The number of hydrogen-bond acceptors (Lipinski definition) is 2. The molecule has 112 valence electrons. The molecule has 2 aromatic rings. The second-order valence-electron chi connectivity index (χ2n) is 4.63. The first-order valence-electron chi connectivity index (χ1n) is 6.65. The van der Waals surface area contributed by atoms with Gasteiger partial charge in [0.05, 0.1) is 0 Å². The molecule has 2 rings (SSSR count). The summed E-state index contributed by atoms with van der Waals surface area (Å²) in [4.78, 5) is 22.7. The number of carbonyl (C=O) groups is 2. The molecule has 0 atom stereocenters. The van der Waals surface area contributed by atoms with Gasteiger partial charge >= 0.3 is 0 Å². The van der Waals surface area contributed by atoms with E-state index in [0.29, 0.717) is 11.4 Å². The molecule has 0 bridgehead atoms. The molecule has 0 radical (unpaired) electrons. The molecule has 5 heteroatoms. The maximum Gasteiger partial charge on any atom is 0.248 e. The Labute approximate surface area is 127 Å². The summed E-state index contributed by atoms with van der Waals surface area (Å²) in [6.07, 6.45) is 2.97. The van der Waals surface area contributed by atoms with Gasteiger partial charge in [-0.05, 0) is 48.0 Å². The van der Waals surface area contributed by atoms with Gasteiger partial charge in [-0.3, -0.25) is 9.59 Å². The molecule has 2 N–H and O–H groups in total. The quantitative estimate of drug-likeness (QED) is 0.850. The van der Waals surface area contributed by atoms with Crippen molar-refractivity contribution in [3.63, 3.8) is 0 Å². The van der Waals surface area contributed by atoms with Crippen molar-refractivity contribution < 1.29 is 14.0 Å². The van der Waals surface area contributed by atoms with Gasteiger partial charge in [0.15, 0.2) is 0 Å². The highest BCUT2D eigenvalue weighted by molar-refractivity contribution is 6.02. The standard InChI is InChI=1S/C17H15FN2O2/c1-12(21)19-15-7-9-16(10-8-15)20-17(22)11-4-13-2-5-14(18)6-3-13/h2-11H,1H3,(H,19,21)(H,20,22)/b11-4+. The van der Waals surface area contributed by atoms with Gasteiger partial charge < -0.3 is 10.6 Å². The van der Waals surface area contributed by atoms with E-state index >= 15 is 0 Å². The van der Waals surface area contributed by atoms with E-state index < -0.39 is 0 Å². The van der Waals surface area contributed by atoms with Crippen LogP contribution in [0.4, 0.5) is 15.8 Å². The maximum absolute atomic E-state index is 12.8. The van der Waals surface area contributed by atoms with Gasteiger partial charge in [0.2, 0.25) is 11.8 Å². The minimum atomic E-state index is -0.319. The third-order valence-corrected chi connectivity index (χ3v) is 2.77. The highest BCUT2D eigenvalue weighted by Gasteiger charge is 1.99. The summed E-state index contributed by atoms with van der Waals surface area (Å²) in [5.74, 6) is -0.767. The van der Waals surface area contributed by atoms with Crippen molar-refractivity contribution in [2.24, 2.45) is 0 Å². The molecule has 0 saturated carbocycles. The molecule has 0 aliphatic carbocycles. The Balaban J connectivity index is 1.94.